The van der Waals surface area contributed by atoms with Crippen LogP contribution in [-0.4, -0.2) is 29.3 Å². The van der Waals surface area contributed by atoms with Crippen molar-refractivity contribution in [2.24, 2.45) is 4.99 Å². The highest BCUT2D eigenvalue weighted by Crippen LogP contribution is 2.11. The minimum atomic E-state index is -0.569. The Hall–Kier alpha value is -2.49. The lowest BCUT2D eigenvalue weighted by atomic mass is 10.1. The molecule has 154 valence electrons. The van der Waals surface area contributed by atoms with E-state index in [1.54, 1.807) is 13.2 Å². The Labute approximate surface area is 186 Å². The fraction of sp³-hybridized carbons (Fsp3) is 0.238. The first-order valence-electron chi connectivity index (χ1n) is 9.08. The van der Waals surface area contributed by atoms with Crippen LogP contribution in [0, 0.1) is 11.6 Å². The van der Waals surface area contributed by atoms with Gasteiger partial charge in [-0.15, -0.1) is 24.0 Å². The molecule has 5 nitrogen and oxygen atoms in total. The number of hydrogen-bond acceptors (Lipinski definition) is 2. The molecule has 0 spiro atoms. The summed E-state index contributed by atoms with van der Waals surface area (Å²) in [5, 5.41) is 10.7. The molecule has 2 aromatic carbocycles. The van der Waals surface area contributed by atoms with Gasteiger partial charge in [-0.1, -0.05) is 30.3 Å². The molecular formula is C21H24F2IN5. The molecule has 1 heterocycles. The van der Waals surface area contributed by atoms with Crippen molar-refractivity contribution >= 4 is 29.9 Å². The molecule has 8 heteroatoms. The first kappa shape index (κ1) is 22.8. The van der Waals surface area contributed by atoms with Crippen LogP contribution in [0.5, 0.6) is 0 Å². The summed E-state index contributed by atoms with van der Waals surface area (Å²) in [5.74, 6) is -0.478. The van der Waals surface area contributed by atoms with Crippen molar-refractivity contribution in [2.75, 3.05) is 13.6 Å². The fourth-order valence-electron chi connectivity index (χ4n) is 2.89. The Bertz CT molecular complexity index is 929. The average Bonchev–Trinajstić information content (AvgIpc) is 3.20. The zero-order valence-corrected chi connectivity index (χ0v) is 18.4. The number of hydrogen-bond donors (Lipinski definition) is 2. The summed E-state index contributed by atoms with van der Waals surface area (Å²) in [7, 11) is 1.68. The van der Waals surface area contributed by atoms with E-state index in [1.807, 2.05) is 29.1 Å². The zero-order valence-electron chi connectivity index (χ0n) is 16.1. The zero-order chi connectivity index (χ0) is 19.8. The van der Waals surface area contributed by atoms with Gasteiger partial charge in [-0.25, -0.2) is 8.78 Å². The van der Waals surface area contributed by atoms with Crippen LogP contribution >= 0.6 is 24.0 Å². The first-order chi connectivity index (χ1) is 13.7. The molecule has 3 rings (SSSR count). The van der Waals surface area contributed by atoms with Crippen LogP contribution in [0.1, 0.15) is 16.7 Å². The Morgan fingerprint density at radius 3 is 2.52 bits per heavy atom. The van der Waals surface area contributed by atoms with Crippen molar-refractivity contribution < 1.29 is 8.78 Å². The number of aromatic nitrogens is 2. The van der Waals surface area contributed by atoms with Crippen LogP contribution in [-0.2, 0) is 19.5 Å². The molecule has 0 radical (unpaired) electrons. The number of nitrogens with one attached hydrogen (secondary N) is 2. The summed E-state index contributed by atoms with van der Waals surface area (Å²) in [5.41, 5.74) is 2.78. The molecule has 0 aliphatic heterocycles. The van der Waals surface area contributed by atoms with Gasteiger partial charge in [0.25, 0.3) is 0 Å². The summed E-state index contributed by atoms with van der Waals surface area (Å²) in [4.78, 5) is 4.20. The van der Waals surface area contributed by atoms with Gasteiger partial charge in [0.05, 0.1) is 6.54 Å². The lowest BCUT2D eigenvalue weighted by Gasteiger charge is -2.14. The molecule has 2 N–H and O–H groups in total. The minimum absolute atomic E-state index is 0. The number of guanidine groups is 1. The number of rotatable bonds is 7. The lowest BCUT2D eigenvalue weighted by molar-refractivity contribution is 0.570. The number of benzene rings is 2. The van der Waals surface area contributed by atoms with Crippen LogP contribution in [0.25, 0.3) is 0 Å². The smallest absolute Gasteiger partial charge is 0.191 e. The molecule has 1 aromatic heterocycles. The Balaban J connectivity index is 0.00000300. The lowest BCUT2D eigenvalue weighted by Crippen LogP contribution is -2.38. The summed E-state index contributed by atoms with van der Waals surface area (Å²) < 4.78 is 28.6. The van der Waals surface area contributed by atoms with Crippen LogP contribution < -0.4 is 10.6 Å². The molecule has 0 amide bonds. The van der Waals surface area contributed by atoms with E-state index in [2.05, 4.69) is 32.9 Å². The molecule has 3 aromatic rings. The average molecular weight is 511 g/mol. The Morgan fingerprint density at radius 2 is 1.83 bits per heavy atom. The van der Waals surface area contributed by atoms with Gasteiger partial charge < -0.3 is 10.6 Å². The van der Waals surface area contributed by atoms with E-state index in [9.17, 15) is 8.78 Å². The predicted molar refractivity (Wildman–Crippen MR) is 121 cm³/mol. The van der Waals surface area contributed by atoms with Crippen molar-refractivity contribution in [1.29, 1.82) is 0 Å². The normalized spacial score (nSPS) is 11.1. The van der Waals surface area contributed by atoms with Gasteiger partial charge in [0, 0.05) is 38.6 Å². The van der Waals surface area contributed by atoms with Crippen LogP contribution in [0.2, 0.25) is 0 Å². The molecular weight excluding hydrogens is 487 g/mol. The molecule has 0 saturated carbocycles. The van der Waals surface area contributed by atoms with E-state index >= 15 is 0 Å². The second kappa shape index (κ2) is 11.5. The second-order valence-electron chi connectivity index (χ2n) is 6.31. The number of aliphatic imine (C=N–C) groups is 1. The van der Waals surface area contributed by atoms with Gasteiger partial charge in [0.2, 0.25) is 0 Å². The van der Waals surface area contributed by atoms with Gasteiger partial charge in [-0.05, 0) is 35.2 Å². The SMILES string of the molecule is CN=C(NCCc1ccc(F)cc1F)NCc1ccccc1Cn1cccn1.I. The van der Waals surface area contributed by atoms with Crippen molar-refractivity contribution in [3.05, 3.63) is 89.2 Å². The summed E-state index contributed by atoms with van der Waals surface area (Å²) in [6.45, 7) is 1.78. The van der Waals surface area contributed by atoms with Gasteiger partial charge in [0.15, 0.2) is 5.96 Å². The van der Waals surface area contributed by atoms with Crippen LogP contribution in [0.15, 0.2) is 65.9 Å². The predicted octanol–water partition coefficient (Wildman–Crippen LogP) is 3.74. The number of nitrogens with zero attached hydrogens (tertiary/aromatic N) is 3. The molecule has 0 unspecified atom stereocenters. The maximum absolute atomic E-state index is 13.7. The Kier molecular flexibility index (Phi) is 9.04. The summed E-state index contributed by atoms with van der Waals surface area (Å²) in [6, 6.07) is 13.7. The quantitative estimate of drug-likeness (QED) is 0.289. The third-order valence-electron chi connectivity index (χ3n) is 4.38. The molecule has 29 heavy (non-hydrogen) atoms. The summed E-state index contributed by atoms with van der Waals surface area (Å²) >= 11 is 0. The van der Waals surface area contributed by atoms with E-state index < -0.39 is 11.6 Å². The number of halogens is 3. The molecule has 0 aliphatic carbocycles. The molecule has 0 atom stereocenters. The molecule has 0 saturated heterocycles. The molecule has 0 fully saturated rings. The third kappa shape index (κ3) is 6.81. The highest BCUT2D eigenvalue weighted by molar-refractivity contribution is 14.0. The van der Waals surface area contributed by atoms with Crippen LogP contribution in [0.3, 0.4) is 0 Å². The second-order valence-corrected chi connectivity index (χ2v) is 6.31. The van der Waals surface area contributed by atoms with E-state index in [0.29, 0.717) is 37.6 Å². The van der Waals surface area contributed by atoms with Crippen molar-refractivity contribution in [2.45, 2.75) is 19.5 Å². The van der Waals surface area contributed by atoms with E-state index in [4.69, 9.17) is 0 Å². The van der Waals surface area contributed by atoms with Crippen molar-refractivity contribution in [1.82, 2.24) is 20.4 Å². The largest absolute Gasteiger partial charge is 0.356 e. The van der Waals surface area contributed by atoms with E-state index in [0.717, 1.165) is 11.6 Å². The maximum atomic E-state index is 13.7. The first-order valence-corrected chi connectivity index (χ1v) is 9.08. The van der Waals surface area contributed by atoms with Gasteiger partial charge in [-0.2, -0.15) is 5.10 Å². The van der Waals surface area contributed by atoms with Crippen LogP contribution in [0.4, 0.5) is 8.78 Å². The van der Waals surface area contributed by atoms with E-state index in [1.165, 1.54) is 17.7 Å². The summed E-state index contributed by atoms with van der Waals surface area (Å²) in [6.07, 6.45) is 4.12. The van der Waals surface area contributed by atoms with Gasteiger partial charge >= 0.3 is 0 Å². The fourth-order valence-corrected chi connectivity index (χ4v) is 2.89. The maximum Gasteiger partial charge on any atom is 0.191 e. The van der Waals surface area contributed by atoms with E-state index in [-0.39, 0.29) is 24.0 Å². The third-order valence-corrected chi connectivity index (χ3v) is 4.38. The Morgan fingerprint density at radius 1 is 1.03 bits per heavy atom. The topological polar surface area (TPSA) is 54.2 Å². The van der Waals surface area contributed by atoms with Crippen molar-refractivity contribution in [3.63, 3.8) is 0 Å². The highest BCUT2D eigenvalue weighted by Gasteiger charge is 2.06. The minimum Gasteiger partial charge on any atom is -0.356 e. The molecule has 0 aliphatic rings. The van der Waals surface area contributed by atoms with Crippen molar-refractivity contribution in [3.8, 4) is 0 Å². The standard InChI is InChI=1S/C21H23F2N5.HI/c1-24-21(25-11-9-16-7-8-19(22)13-20(16)23)26-14-17-5-2-3-6-18(17)15-28-12-4-10-27-28;/h2-8,10,12-13H,9,11,14-15H2,1H3,(H2,24,25,26);1H. The molecule has 0 bridgehead atoms. The monoisotopic (exact) mass is 511 g/mol. The highest BCUT2D eigenvalue weighted by atomic mass is 127. The van der Waals surface area contributed by atoms with Gasteiger partial charge in [-0.3, -0.25) is 9.67 Å². The van der Waals surface area contributed by atoms with Gasteiger partial charge in [0.1, 0.15) is 11.6 Å².